The summed E-state index contributed by atoms with van der Waals surface area (Å²) in [6.07, 6.45) is 6.12. The van der Waals surface area contributed by atoms with Crippen LogP contribution in [0.25, 0.3) is 11.1 Å². The minimum Gasteiger partial charge on any atom is -0.348 e. The molecule has 6 nitrogen and oxygen atoms in total. The molecule has 2 aromatic rings. The van der Waals surface area contributed by atoms with Crippen molar-refractivity contribution in [2.75, 3.05) is 6.54 Å². The molecule has 1 aliphatic carbocycles. The van der Waals surface area contributed by atoms with E-state index in [1.54, 1.807) is 0 Å². The van der Waals surface area contributed by atoms with Gasteiger partial charge < -0.3 is 15.2 Å². The van der Waals surface area contributed by atoms with Gasteiger partial charge in [-0.05, 0) is 51.6 Å². The van der Waals surface area contributed by atoms with Crippen molar-refractivity contribution in [3.8, 4) is 0 Å². The van der Waals surface area contributed by atoms with E-state index in [0.717, 1.165) is 61.8 Å². The van der Waals surface area contributed by atoms with Crippen LogP contribution in [0.1, 0.15) is 73.6 Å². The van der Waals surface area contributed by atoms with Crippen molar-refractivity contribution in [3.63, 3.8) is 0 Å². The minimum absolute atomic E-state index is 0. The first-order chi connectivity index (χ1) is 12.2. The van der Waals surface area contributed by atoms with Crippen LogP contribution in [0, 0.1) is 0 Å². The second-order valence-corrected chi connectivity index (χ2v) is 7.39. The van der Waals surface area contributed by atoms with Crippen LogP contribution in [0.15, 0.2) is 10.6 Å². The molecule has 142 valence electrons. The van der Waals surface area contributed by atoms with Gasteiger partial charge in [-0.3, -0.25) is 4.79 Å². The summed E-state index contributed by atoms with van der Waals surface area (Å²) in [5, 5.41) is 11.6. The first-order valence-corrected chi connectivity index (χ1v) is 9.50. The zero-order valence-corrected chi connectivity index (χ0v) is 16.2. The summed E-state index contributed by atoms with van der Waals surface area (Å²) in [5.74, 6) is 0.432. The Labute approximate surface area is 159 Å². The number of halogens is 1. The maximum Gasteiger partial charge on any atom is 0.259 e. The molecule has 2 unspecified atom stereocenters. The van der Waals surface area contributed by atoms with E-state index >= 15 is 0 Å². The van der Waals surface area contributed by atoms with E-state index in [4.69, 9.17) is 4.52 Å². The molecule has 0 bridgehead atoms. The van der Waals surface area contributed by atoms with Crippen LogP contribution in [0.4, 0.5) is 0 Å². The topological polar surface area (TPSA) is 80.0 Å². The highest BCUT2D eigenvalue weighted by Crippen LogP contribution is 2.40. The standard InChI is InChI=1S/C19H26N4O2.ClH/c1-3-5-15-17-13(18(24)21-14-6-4-9-20-11(14)2)10-16(12-7-8-12)22-19(17)25-23-15;/h10-12,14,20H,3-9H2,1-2H3,(H,21,24);1H. The van der Waals surface area contributed by atoms with E-state index in [1.165, 1.54) is 0 Å². The van der Waals surface area contributed by atoms with Gasteiger partial charge in [0.1, 0.15) is 0 Å². The van der Waals surface area contributed by atoms with Gasteiger partial charge in [-0.1, -0.05) is 18.5 Å². The minimum atomic E-state index is -0.0320. The van der Waals surface area contributed by atoms with Crippen molar-refractivity contribution in [3.05, 3.63) is 23.0 Å². The first-order valence-electron chi connectivity index (χ1n) is 9.50. The summed E-state index contributed by atoms with van der Waals surface area (Å²) in [7, 11) is 0. The molecule has 0 aromatic carbocycles. The SMILES string of the molecule is CCCc1noc2nc(C3CC3)cc(C(=O)NC3CCCNC3C)c12.Cl. The van der Waals surface area contributed by atoms with Crippen LogP contribution in [0.2, 0.25) is 0 Å². The van der Waals surface area contributed by atoms with E-state index < -0.39 is 0 Å². The Morgan fingerprint density at radius 3 is 2.88 bits per heavy atom. The number of hydrogen-bond acceptors (Lipinski definition) is 5. The summed E-state index contributed by atoms with van der Waals surface area (Å²) in [4.78, 5) is 17.7. The van der Waals surface area contributed by atoms with Gasteiger partial charge in [-0.25, -0.2) is 4.98 Å². The van der Waals surface area contributed by atoms with E-state index in [0.29, 0.717) is 17.2 Å². The van der Waals surface area contributed by atoms with Crippen molar-refractivity contribution in [2.24, 2.45) is 0 Å². The molecule has 2 aliphatic rings. The third-order valence-corrected chi connectivity index (χ3v) is 5.34. The number of aromatic nitrogens is 2. The van der Waals surface area contributed by atoms with Crippen LogP contribution in [-0.4, -0.2) is 34.7 Å². The average Bonchev–Trinajstić information content (AvgIpc) is 3.39. The molecule has 1 saturated carbocycles. The molecule has 3 heterocycles. The van der Waals surface area contributed by atoms with E-state index in [-0.39, 0.29) is 30.4 Å². The lowest BCUT2D eigenvalue weighted by Gasteiger charge is -2.30. The molecule has 4 rings (SSSR count). The maximum atomic E-state index is 13.1. The van der Waals surface area contributed by atoms with Crippen molar-refractivity contribution in [2.45, 2.75) is 70.4 Å². The number of nitrogens with zero attached hydrogens (tertiary/aromatic N) is 2. The highest BCUT2D eigenvalue weighted by atomic mass is 35.5. The van der Waals surface area contributed by atoms with Crippen molar-refractivity contribution in [1.82, 2.24) is 20.8 Å². The number of piperidine rings is 1. The van der Waals surface area contributed by atoms with Crippen LogP contribution in [0.3, 0.4) is 0 Å². The van der Waals surface area contributed by atoms with E-state index in [9.17, 15) is 4.79 Å². The van der Waals surface area contributed by atoms with Gasteiger partial charge in [0.25, 0.3) is 11.6 Å². The fraction of sp³-hybridized carbons (Fsp3) is 0.632. The Morgan fingerprint density at radius 2 is 2.19 bits per heavy atom. The molecular formula is C19H27ClN4O2. The number of carbonyl (C=O) groups excluding carboxylic acids is 1. The molecule has 1 saturated heterocycles. The average molecular weight is 379 g/mol. The van der Waals surface area contributed by atoms with E-state index in [1.807, 2.05) is 6.07 Å². The molecule has 1 amide bonds. The summed E-state index contributed by atoms with van der Waals surface area (Å²) in [6.45, 7) is 5.25. The summed E-state index contributed by atoms with van der Waals surface area (Å²) in [6, 6.07) is 2.41. The van der Waals surface area contributed by atoms with Gasteiger partial charge in [0.05, 0.1) is 16.6 Å². The lowest BCUT2D eigenvalue weighted by Crippen LogP contribution is -2.51. The quantitative estimate of drug-likeness (QED) is 0.834. The summed E-state index contributed by atoms with van der Waals surface area (Å²) >= 11 is 0. The number of carbonyl (C=O) groups is 1. The van der Waals surface area contributed by atoms with Crippen molar-refractivity contribution in [1.29, 1.82) is 0 Å². The zero-order valence-electron chi connectivity index (χ0n) is 15.4. The zero-order chi connectivity index (χ0) is 17.4. The van der Waals surface area contributed by atoms with Gasteiger partial charge in [0, 0.05) is 23.7 Å². The Balaban J connectivity index is 0.00000196. The fourth-order valence-corrected chi connectivity index (χ4v) is 3.69. The van der Waals surface area contributed by atoms with Crippen molar-refractivity contribution < 1.29 is 9.32 Å². The monoisotopic (exact) mass is 378 g/mol. The number of fused-ring (bicyclic) bond motifs is 1. The molecule has 2 N–H and O–H groups in total. The Bertz CT molecular complexity index is 787. The maximum absolute atomic E-state index is 13.1. The molecule has 0 spiro atoms. The van der Waals surface area contributed by atoms with Gasteiger partial charge in [0.2, 0.25) is 0 Å². The Morgan fingerprint density at radius 1 is 1.38 bits per heavy atom. The molecule has 0 radical (unpaired) electrons. The predicted molar refractivity (Wildman–Crippen MR) is 103 cm³/mol. The number of hydrogen-bond donors (Lipinski definition) is 2. The smallest absolute Gasteiger partial charge is 0.259 e. The van der Waals surface area contributed by atoms with Crippen molar-refractivity contribution >= 4 is 29.4 Å². The Hall–Kier alpha value is -1.66. The molecule has 2 aromatic heterocycles. The van der Waals surface area contributed by atoms with Crippen LogP contribution >= 0.6 is 12.4 Å². The van der Waals surface area contributed by atoms with Gasteiger partial charge in [-0.2, -0.15) is 0 Å². The Kier molecular flexibility index (Phi) is 5.82. The summed E-state index contributed by atoms with van der Waals surface area (Å²) < 4.78 is 5.47. The van der Waals surface area contributed by atoms with Gasteiger partial charge >= 0.3 is 0 Å². The molecule has 1 aliphatic heterocycles. The molecular weight excluding hydrogens is 352 g/mol. The van der Waals surface area contributed by atoms with Gasteiger partial charge in [-0.15, -0.1) is 12.4 Å². The van der Waals surface area contributed by atoms with Crippen LogP contribution in [-0.2, 0) is 6.42 Å². The molecule has 7 heteroatoms. The fourth-order valence-electron chi connectivity index (χ4n) is 3.69. The largest absolute Gasteiger partial charge is 0.348 e. The normalized spacial score (nSPS) is 22.8. The lowest BCUT2D eigenvalue weighted by atomic mass is 9.98. The predicted octanol–water partition coefficient (Wildman–Crippen LogP) is 3.34. The highest BCUT2D eigenvalue weighted by Gasteiger charge is 2.30. The molecule has 2 fully saturated rings. The van der Waals surface area contributed by atoms with Gasteiger partial charge in [0.15, 0.2) is 0 Å². The number of aryl methyl sites for hydroxylation is 1. The summed E-state index contributed by atoms with van der Waals surface area (Å²) in [5.41, 5.74) is 2.99. The number of pyridine rings is 1. The second-order valence-electron chi connectivity index (χ2n) is 7.39. The third-order valence-electron chi connectivity index (χ3n) is 5.34. The van der Waals surface area contributed by atoms with E-state index in [2.05, 4.69) is 34.6 Å². The first kappa shape index (κ1) is 19.1. The highest BCUT2D eigenvalue weighted by molar-refractivity contribution is 6.06. The number of rotatable bonds is 5. The number of nitrogens with one attached hydrogen (secondary N) is 2. The van der Waals surface area contributed by atoms with Crippen LogP contribution in [0.5, 0.6) is 0 Å². The lowest BCUT2D eigenvalue weighted by molar-refractivity contribution is 0.0921. The third kappa shape index (κ3) is 3.71. The van der Waals surface area contributed by atoms with Crippen LogP contribution < -0.4 is 10.6 Å². The number of amides is 1. The second kappa shape index (κ2) is 7.92. The molecule has 26 heavy (non-hydrogen) atoms. The molecule has 2 atom stereocenters.